The third-order valence-corrected chi connectivity index (χ3v) is 5.73. The lowest BCUT2D eigenvalue weighted by Crippen LogP contribution is -2.08. The van der Waals surface area contributed by atoms with Gasteiger partial charge in [-0.25, -0.2) is 0 Å². The highest BCUT2D eigenvalue weighted by Gasteiger charge is 2.27. The number of hydrogen-bond acceptors (Lipinski definition) is 1. The molecule has 0 rings (SSSR count). The van der Waals surface area contributed by atoms with Gasteiger partial charge in [-0.3, -0.25) is 4.57 Å². The normalized spacial score (nSPS) is 13.5. The van der Waals surface area contributed by atoms with Gasteiger partial charge in [-0.05, 0) is 12.8 Å². The van der Waals surface area contributed by atoms with Gasteiger partial charge in [-0.15, -0.1) is 0 Å². The van der Waals surface area contributed by atoms with E-state index in [2.05, 4.69) is 13.8 Å². The molecular formula is C17H37O3P. The Kier molecular flexibility index (Phi) is 13.9. The van der Waals surface area contributed by atoms with Crippen LogP contribution in [0.4, 0.5) is 0 Å². The Bertz CT molecular complexity index is 263. The largest absolute Gasteiger partial charge is 0.328 e. The molecule has 128 valence electrons. The second-order valence-electron chi connectivity index (χ2n) is 6.36. The fraction of sp³-hybridized carbons (Fsp3) is 1.00. The van der Waals surface area contributed by atoms with Gasteiger partial charge in [0.1, 0.15) is 0 Å². The van der Waals surface area contributed by atoms with Crippen LogP contribution in [0.25, 0.3) is 0 Å². The summed E-state index contributed by atoms with van der Waals surface area (Å²) in [6, 6.07) is 0. The lowest BCUT2D eigenvalue weighted by molar-refractivity contribution is 0.345. The molecule has 1 atom stereocenters. The molecule has 1 unspecified atom stereocenters. The Morgan fingerprint density at radius 1 is 0.667 bits per heavy atom. The van der Waals surface area contributed by atoms with Gasteiger partial charge in [-0.2, -0.15) is 0 Å². The predicted molar refractivity (Wildman–Crippen MR) is 91.8 cm³/mol. The summed E-state index contributed by atoms with van der Waals surface area (Å²) in [6.45, 7) is 4.39. The van der Waals surface area contributed by atoms with Crippen molar-refractivity contribution in [3.8, 4) is 0 Å². The summed E-state index contributed by atoms with van der Waals surface area (Å²) in [5, 5.41) is 0. The Morgan fingerprint density at radius 2 is 1.00 bits per heavy atom. The molecule has 0 aliphatic heterocycles. The maximum atomic E-state index is 11.6. The highest BCUT2D eigenvalue weighted by molar-refractivity contribution is 7.52. The van der Waals surface area contributed by atoms with E-state index in [1.165, 1.54) is 51.4 Å². The first-order chi connectivity index (χ1) is 10.0. The summed E-state index contributed by atoms with van der Waals surface area (Å²) >= 11 is 0. The summed E-state index contributed by atoms with van der Waals surface area (Å²) in [6.07, 6.45) is 15.6. The smallest absolute Gasteiger partial charge is 0.324 e. The second kappa shape index (κ2) is 13.8. The third-order valence-electron chi connectivity index (χ3n) is 4.26. The lowest BCUT2D eigenvalue weighted by atomic mass is 10.0. The van der Waals surface area contributed by atoms with Gasteiger partial charge >= 0.3 is 7.60 Å². The van der Waals surface area contributed by atoms with Crippen molar-refractivity contribution >= 4 is 7.60 Å². The molecule has 0 fully saturated rings. The zero-order chi connectivity index (χ0) is 16.0. The van der Waals surface area contributed by atoms with Crippen LogP contribution in [0.2, 0.25) is 0 Å². The molecule has 0 aliphatic rings. The van der Waals surface area contributed by atoms with E-state index in [-0.39, 0.29) is 0 Å². The van der Waals surface area contributed by atoms with Crippen LogP contribution in [0.1, 0.15) is 104 Å². The van der Waals surface area contributed by atoms with E-state index >= 15 is 0 Å². The molecular weight excluding hydrogens is 283 g/mol. The fourth-order valence-corrected chi connectivity index (χ4v) is 3.84. The molecule has 0 aromatic heterocycles. The quantitative estimate of drug-likeness (QED) is 0.286. The summed E-state index contributed by atoms with van der Waals surface area (Å²) in [4.78, 5) is 18.9. The van der Waals surface area contributed by atoms with Crippen molar-refractivity contribution < 1.29 is 14.4 Å². The molecule has 0 aromatic carbocycles. The minimum atomic E-state index is -3.90. The molecule has 0 spiro atoms. The monoisotopic (exact) mass is 320 g/mol. The van der Waals surface area contributed by atoms with E-state index in [1.807, 2.05) is 0 Å². The van der Waals surface area contributed by atoms with E-state index in [4.69, 9.17) is 0 Å². The molecule has 0 aliphatic carbocycles. The minimum absolute atomic E-state index is 0.394. The summed E-state index contributed by atoms with van der Waals surface area (Å²) in [7, 11) is -3.90. The Labute approximate surface area is 132 Å². The van der Waals surface area contributed by atoms with Crippen molar-refractivity contribution in [3.63, 3.8) is 0 Å². The maximum Gasteiger partial charge on any atom is 0.328 e. The van der Waals surface area contributed by atoms with Crippen molar-refractivity contribution in [1.82, 2.24) is 0 Å². The molecule has 3 nitrogen and oxygen atoms in total. The van der Waals surface area contributed by atoms with Crippen LogP contribution in [0, 0.1) is 0 Å². The average molecular weight is 320 g/mol. The molecule has 0 saturated heterocycles. The molecule has 0 aromatic rings. The Balaban J connectivity index is 3.75. The summed E-state index contributed by atoms with van der Waals surface area (Å²) in [5.74, 6) is 0. The number of hydrogen-bond donors (Lipinski definition) is 2. The molecule has 4 heteroatoms. The van der Waals surface area contributed by atoms with E-state index < -0.39 is 13.3 Å². The van der Waals surface area contributed by atoms with Gasteiger partial charge in [-0.1, -0.05) is 90.9 Å². The highest BCUT2D eigenvalue weighted by Crippen LogP contribution is 2.46. The third kappa shape index (κ3) is 13.5. The zero-order valence-corrected chi connectivity index (χ0v) is 15.1. The molecule has 0 saturated carbocycles. The van der Waals surface area contributed by atoms with Crippen molar-refractivity contribution in [1.29, 1.82) is 0 Å². The fourth-order valence-electron chi connectivity index (χ4n) is 2.80. The van der Waals surface area contributed by atoms with Crippen molar-refractivity contribution in [2.45, 2.75) is 109 Å². The van der Waals surface area contributed by atoms with Gasteiger partial charge in [0.15, 0.2) is 0 Å². The van der Waals surface area contributed by atoms with E-state index in [0.717, 1.165) is 25.7 Å². The van der Waals surface area contributed by atoms with Crippen molar-refractivity contribution in [2.75, 3.05) is 0 Å². The van der Waals surface area contributed by atoms with Crippen molar-refractivity contribution in [2.24, 2.45) is 0 Å². The Hall–Kier alpha value is 0.150. The molecule has 21 heavy (non-hydrogen) atoms. The van der Waals surface area contributed by atoms with Gasteiger partial charge in [0.05, 0.1) is 5.66 Å². The predicted octanol–water partition coefficient (Wildman–Crippen LogP) is 6.03. The topological polar surface area (TPSA) is 57.5 Å². The zero-order valence-electron chi connectivity index (χ0n) is 14.2. The van der Waals surface area contributed by atoms with E-state index in [9.17, 15) is 14.4 Å². The molecule has 2 N–H and O–H groups in total. The van der Waals surface area contributed by atoms with Crippen LogP contribution in [0.15, 0.2) is 0 Å². The molecule has 0 radical (unpaired) electrons. The van der Waals surface area contributed by atoms with Gasteiger partial charge < -0.3 is 9.79 Å². The van der Waals surface area contributed by atoms with E-state index in [0.29, 0.717) is 12.8 Å². The van der Waals surface area contributed by atoms with Crippen molar-refractivity contribution in [3.05, 3.63) is 0 Å². The summed E-state index contributed by atoms with van der Waals surface area (Å²) in [5.41, 5.74) is -0.394. The van der Waals surface area contributed by atoms with Crippen LogP contribution in [0.5, 0.6) is 0 Å². The van der Waals surface area contributed by atoms with Crippen LogP contribution in [0.3, 0.4) is 0 Å². The Morgan fingerprint density at radius 3 is 1.33 bits per heavy atom. The molecule has 0 amide bonds. The van der Waals surface area contributed by atoms with Gasteiger partial charge in [0.25, 0.3) is 0 Å². The van der Waals surface area contributed by atoms with Crippen LogP contribution in [-0.2, 0) is 4.57 Å². The molecule has 0 heterocycles. The average Bonchev–Trinajstić information content (AvgIpc) is 2.42. The standard InChI is InChI=1S/C17H37O3P/c1-3-5-7-9-10-12-14-16-17(21(18,19)20)15-13-11-8-6-4-2/h17H,3-16H2,1-2H3,(H2,18,19,20). The van der Waals surface area contributed by atoms with E-state index in [1.54, 1.807) is 0 Å². The van der Waals surface area contributed by atoms with Gasteiger partial charge in [0, 0.05) is 0 Å². The van der Waals surface area contributed by atoms with Crippen LogP contribution >= 0.6 is 7.60 Å². The number of rotatable bonds is 15. The van der Waals surface area contributed by atoms with Crippen LogP contribution in [-0.4, -0.2) is 15.4 Å². The summed E-state index contributed by atoms with van der Waals surface area (Å²) < 4.78 is 11.6. The first-order valence-electron chi connectivity index (χ1n) is 9.07. The highest BCUT2D eigenvalue weighted by atomic mass is 31.2. The molecule has 0 bridgehead atoms. The lowest BCUT2D eigenvalue weighted by Gasteiger charge is -2.18. The minimum Gasteiger partial charge on any atom is -0.324 e. The number of unbranched alkanes of at least 4 members (excludes halogenated alkanes) is 10. The SMILES string of the molecule is CCCCCCCCCC(CCCCCCC)P(=O)(O)O. The van der Waals surface area contributed by atoms with Gasteiger partial charge in [0.2, 0.25) is 0 Å². The second-order valence-corrected chi connectivity index (χ2v) is 8.26. The maximum absolute atomic E-state index is 11.6. The first-order valence-corrected chi connectivity index (χ1v) is 10.8. The first kappa shape index (κ1) is 21.1. The van der Waals surface area contributed by atoms with Crippen LogP contribution < -0.4 is 0 Å².